The summed E-state index contributed by atoms with van der Waals surface area (Å²) in [7, 11) is 1.58. The van der Waals surface area contributed by atoms with E-state index in [9.17, 15) is 4.79 Å². The zero-order valence-corrected chi connectivity index (χ0v) is 14.3. The second kappa shape index (κ2) is 7.40. The van der Waals surface area contributed by atoms with Crippen LogP contribution in [0.1, 0.15) is 13.3 Å². The van der Waals surface area contributed by atoms with Gasteiger partial charge in [-0.3, -0.25) is 4.79 Å². The molecule has 0 aliphatic heterocycles. The zero-order valence-electron chi connectivity index (χ0n) is 13.5. The Hall–Kier alpha value is -2.47. The number of aromatic nitrogens is 1. The number of hydrogen-bond donors (Lipinski definition) is 1. The standard InChI is InChI=1S/C18H18N2O3S/c1-3-16(17(21)19-12-8-4-6-10-14(12)22-2)24-18-20-13-9-5-7-11-15(13)23-18/h4-11,16H,3H2,1-2H3,(H,19,21). The van der Waals surface area contributed by atoms with E-state index in [1.54, 1.807) is 7.11 Å². The van der Waals surface area contributed by atoms with Gasteiger partial charge >= 0.3 is 0 Å². The van der Waals surface area contributed by atoms with Gasteiger partial charge in [0.2, 0.25) is 5.91 Å². The van der Waals surface area contributed by atoms with Gasteiger partial charge in [0.05, 0.1) is 18.0 Å². The molecule has 1 amide bonds. The first-order valence-corrected chi connectivity index (χ1v) is 8.55. The van der Waals surface area contributed by atoms with Crippen LogP contribution in [0.25, 0.3) is 11.1 Å². The first-order valence-electron chi connectivity index (χ1n) is 7.67. The normalized spacial score (nSPS) is 12.1. The molecule has 1 aromatic heterocycles. The number of benzene rings is 2. The summed E-state index contributed by atoms with van der Waals surface area (Å²) in [5, 5.41) is 3.11. The smallest absolute Gasteiger partial charge is 0.257 e. The average molecular weight is 342 g/mol. The van der Waals surface area contributed by atoms with Crippen molar-refractivity contribution in [1.29, 1.82) is 0 Å². The molecule has 0 radical (unpaired) electrons. The molecule has 0 saturated carbocycles. The highest BCUT2D eigenvalue weighted by Gasteiger charge is 2.22. The van der Waals surface area contributed by atoms with E-state index in [4.69, 9.17) is 9.15 Å². The Labute approximate surface area is 144 Å². The fourth-order valence-corrected chi connectivity index (χ4v) is 3.17. The van der Waals surface area contributed by atoms with Gasteiger partial charge in [0.1, 0.15) is 11.3 Å². The number of carbonyl (C=O) groups is 1. The average Bonchev–Trinajstić information content (AvgIpc) is 3.02. The molecule has 0 aliphatic carbocycles. The predicted octanol–water partition coefficient (Wildman–Crippen LogP) is 4.35. The summed E-state index contributed by atoms with van der Waals surface area (Å²) in [5.74, 6) is 0.529. The van der Waals surface area contributed by atoms with E-state index < -0.39 is 0 Å². The number of rotatable bonds is 6. The summed E-state index contributed by atoms with van der Waals surface area (Å²) in [4.78, 5) is 17.0. The highest BCUT2D eigenvalue weighted by molar-refractivity contribution is 8.00. The molecule has 2 aromatic carbocycles. The van der Waals surface area contributed by atoms with Crippen LogP contribution < -0.4 is 10.1 Å². The number of ether oxygens (including phenoxy) is 1. The third kappa shape index (κ3) is 3.54. The molecule has 1 heterocycles. The van der Waals surface area contributed by atoms with Crippen LogP contribution in [0.15, 0.2) is 58.2 Å². The lowest BCUT2D eigenvalue weighted by Gasteiger charge is -2.14. The molecule has 3 aromatic rings. The molecule has 0 bridgehead atoms. The minimum absolute atomic E-state index is 0.103. The van der Waals surface area contributed by atoms with E-state index >= 15 is 0 Å². The highest BCUT2D eigenvalue weighted by Crippen LogP contribution is 2.30. The van der Waals surface area contributed by atoms with Crippen molar-refractivity contribution in [2.45, 2.75) is 23.8 Å². The van der Waals surface area contributed by atoms with E-state index in [1.165, 1.54) is 11.8 Å². The minimum Gasteiger partial charge on any atom is -0.495 e. The van der Waals surface area contributed by atoms with Crippen molar-refractivity contribution in [3.63, 3.8) is 0 Å². The number of hydrogen-bond acceptors (Lipinski definition) is 5. The molecule has 1 atom stereocenters. The van der Waals surface area contributed by atoms with Gasteiger partial charge in [0.25, 0.3) is 5.22 Å². The monoisotopic (exact) mass is 342 g/mol. The maximum atomic E-state index is 12.6. The van der Waals surface area contributed by atoms with E-state index in [-0.39, 0.29) is 11.2 Å². The molecule has 24 heavy (non-hydrogen) atoms. The molecule has 0 aliphatic rings. The van der Waals surface area contributed by atoms with Crippen LogP contribution >= 0.6 is 11.8 Å². The molecule has 1 N–H and O–H groups in total. The first-order chi connectivity index (χ1) is 11.7. The maximum absolute atomic E-state index is 12.6. The molecule has 5 nitrogen and oxygen atoms in total. The lowest BCUT2D eigenvalue weighted by Crippen LogP contribution is -2.24. The van der Waals surface area contributed by atoms with Gasteiger partial charge in [-0.05, 0) is 30.7 Å². The Morgan fingerprint density at radius 3 is 2.75 bits per heavy atom. The number of para-hydroxylation sites is 4. The third-order valence-electron chi connectivity index (χ3n) is 3.55. The second-order valence-corrected chi connectivity index (χ2v) is 6.31. The van der Waals surface area contributed by atoms with Crippen molar-refractivity contribution >= 4 is 34.5 Å². The summed E-state index contributed by atoms with van der Waals surface area (Å²) in [6.07, 6.45) is 0.657. The summed E-state index contributed by atoms with van der Waals surface area (Å²) in [6.45, 7) is 1.96. The van der Waals surface area contributed by atoms with Crippen molar-refractivity contribution in [2.75, 3.05) is 12.4 Å². The Morgan fingerprint density at radius 2 is 2.00 bits per heavy atom. The van der Waals surface area contributed by atoms with Crippen molar-refractivity contribution in [2.24, 2.45) is 0 Å². The van der Waals surface area contributed by atoms with Crippen LogP contribution in [0.3, 0.4) is 0 Å². The van der Waals surface area contributed by atoms with Crippen LogP contribution in [0.5, 0.6) is 5.75 Å². The Morgan fingerprint density at radius 1 is 1.25 bits per heavy atom. The quantitative estimate of drug-likeness (QED) is 0.675. The van der Waals surface area contributed by atoms with Crippen molar-refractivity contribution < 1.29 is 13.9 Å². The maximum Gasteiger partial charge on any atom is 0.257 e. The number of methoxy groups -OCH3 is 1. The number of nitrogens with one attached hydrogen (secondary N) is 1. The fraction of sp³-hybridized carbons (Fsp3) is 0.222. The van der Waals surface area contributed by atoms with Gasteiger partial charge in [-0.25, -0.2) is 4.98 Å². The molecule has 0 saturated heterocycles. The number of anilines is 1. The van der Waals surface area contributed by atoms with Gasteiger partial charge in [-0.1, -0.05) is 43.0 Å². The topological polar surface area (TPSA) is 64.4 Å². The molecule has 124 valence electrons. The number of nitrogens with zero attached hydrogens (tertiary/aromatic N) is 1. The van der Waals surface area contributed by atoms with E-state index in [1.807, 2.05) is 55.5 Å². The van der Waals surface area contributed by atoms with Crippen molar-refractivity contribution in [3.8, 4) is 5.75 Å². The van der Waals surface area contributed by atoms with Gasteiger partial charge in [-0.15, -0.1) is 0 Å². The van der Waals surface area contributed by atoms with Crippen molar-refractivity contribution in [1.82, 2.24) is 4.98 Å². The largest absolute Gasteiger partial charge is 0.495 e. The molecule has 1 unspecified atom stereocenters. The van der Waals surface area contributed by atoms with Crippen LogP contribution in [0.4, 0.5) is 5.69 Å². The van der Waals surface area contributed by atoms with Crippen LogP contribution in [-0.4, -0.2) is 23.3 Å². The number of amides is 1. The van der Waals surface area contributed by atoms with Crippen LogP contribution in [-0.2, 0) is 4.79 Å². The highest BCUT2D eigenvalue weighted by atomic mass is 32.2. The summed E-state index contributed by atoms with van der Waals surface area (Å²) >= 11 is 1.32. The number of thioether (sulfide) groups is 1. The van der Waals surface area contributed by atoms with Crippen LogP contribution in [0.2, 0.25) is 0 Å². The van der Waals surface area contributed by atoms with Gasteiger partial charge in [0.15, 0.2) is 5.58 Å². The number of carbonyl (C=O) groups excluding carboxylic acids is 1. The summed E-state index contributed by atoms with van der Waals surface area (Å²) in [6, 6.07) is 14.9. The molecule has 0 spiro atoms. The zero-order chi connectivity index (χ0) is 16.9. The molecular weight excluding hydrogens is 324 g/mol. The molecule has 0 fully saturated rings. The Bertz CT molecular complexity index is 814. The Balaban J connectivity index is 1.74. The van der Waals surface area contributed by atoms with Gasteiger partial charge in [-0.2, -0.15) is 0 Å². The number of fused-ring (bicyclic) bond motifs is 1. The van der Waals surface area contributed by atoms with Crippen LogP contribution in [0, 0.1) is 0 Å². The van der Waals surface area contributed by atoms with E-state index in [0.29, 0.717) is 23.1 Å². The SMILES string of the molecule is CCC(Sc1nc2ccccc2o1)C(=O)Nc1ccccc1OC. The lowest BCUT2D eigenvalue weighted by atomic mass is 10.2. The third-order valence-corrected chi connectivity index (χ3v) is 4.75. The number of oxazole rings is 1. The minimum atomic E-state index is -0.303. The summed E-state index contributed by atoms with van der Waals surface area (Å²) < 4.78 is 11.0. The fourth-order valence-electron chi connectivity index (χ4n) is 2.31. The second-order valence-electron chi connectivity index (χ2n) is 5.15. The first kappa shape index (κ1) is 16.4. The van der Waals surface area contributed by atoms with E-state index in [2.05, 4.69) is 10.3 Å². The Kier molecular flexibility index (Phi) is 5.05. The summed E-state index contributed by atoms with van der Waals surface area (Å²) in [5.41, 5.74) is 2.17. The van der Waals surface area contributed by atoms with Gasteiger partial charge in [0, 0.05) is 0 Å². The van der Waals surface area contributed by atoms with Gasteiger partial charge < -0.3 is 14.5 Å². The molecule has 6 heteroatoms. The molecule has 3 rings (SSSR count). The lowest BCUT2D eigenvalue weighted by molar-refractivity contribution is -0.115. The van der Waals surface area contributed by atoms with Crippen molar-refractivity contribution in [3.05, 3.63) is 48.5 Å². The van der Waals surface area contributed by atoms with E-state index in [0.717, 1.165) is 11.1 Å². The molecular formula is C18H18N2O3S. The predicted molar refractivity (Wildman–Crippen MR) is 95.6 cm³/mol.